The van der Waals surface area contributed by atoms with Gasteiger partial charge >= 0.3 is 0 Å². The van der Waals surface area contributed by atoms with Crippen LogP contribution in [0.15, 0.2) is 41.6 Å². The monoisotopic (exact) mass is 460 g/mol. The Labute approximate surface area is 191 Å². The SMILES string of the molecule is CCOc1cc(C)ccc1OCc1nnc(SCC(=O)Nc2cccc(Cl)c2C)n1C. The van der Waals surface area contributed by atoms with Gasteiger partial charge in [-0.15, -0.1) is 10.2 Å². The van der Waals surface area contributed by atoms with E-state index in [-0.39, 0.29) is 18.3 Å². The highest BCUT2D eigenvalue weighted by Crippen LogP contribution is 2.29. The van der Waals surface area contributed by atoms with E-state index in [2.05, 4.69) is 15.5 Å². The molecule has 0 spiro atoms. The first-order valence-electron chi connectivity index (χ1n) is 9.81. The Balaban J connectivity index is 1.58. The maximum absolute atomic E-state index is 12.3. The zero-order valence-electron chi connectivity index (χ0n) is 17.9. The van der Waals surface area contributed by atoms with E-state index in [9.17, 15) is 4.79 Å². The number of amides is 1. The lowest BCUT2D eigenvalue weighted by Gasteiger charge is -2.12. The summed E-state index contributed by atoms with van der Waals surface area (Å²) in [6, 6.07) is 11.2. The van der Waals surface area contributed by atoms with Crippen LogP contribution in [0, 0.1) is 13.8 Å². The van der Waals surface area contributed by atoms with Gasteiger partial charge in [-0.05, 0) is 56.2 Å². The predicted octanol–water partition coefficient (Wildman–Crippen LogP) is 4.79. The van der Waals surface area contributed by atoms with Gasteiger partial charge in [0.15, 0.2) is 22.5 Å². The summed E-state index contributed by atoms with van der Waals surface area (Å²) in [4.78, 5) is 12.3. The number of carbonyl (C=O) groups is 1. The maximum Gasteiger partial charge on any atom is 0.234 e. The van der Waals surface area contributed by atoms with Gasteiger partial charge in [0.05, 0.1) is 12.4 Å². The smallest absolute Gasteiger partial charge is 0.234 e. The van der Waals surface area contributed by atoms with E-state index < -0.39 is 0 Å². The zero-order valence-corrected chi connectivity index (χ0v) is 19.5. The van der Waals surface area contributed by atoms with Crippen LogP contribution < -0.4 is 14.8 Å². The fourth-order valence-corrected chi connectivity index (χ4v) is 3.71. The number of hydrogen-bond acceptors (Lipinski definition) is 6. The minimum atomic E-state index is -0.142. The molecule has 0 bridgehead atoms. The lowest BCUT2D eigenvalue weighted by atomic mass is 10.2. The average molecular weight is 461 g/mol. The van der Waals surface area contributed by atoms with Crippen LogP contribution in [0.5, 0.6) is 11.5 Å². The molecule has 1 N–H and O–H groups in total. The van der Waals surface area contributed by atoms with Crippen molar-refractivity contribution in [3.05, 3.63) is 58.4 Å². The molecule has 3 rings (SSSR count). The molecule has 0 saturated heterocycles. The molecule has 2 aromatic carbocycles. The molecule has 0 aliphatic rings. The highest BCUT2D eigenvalue weighted by Gasteiger charge is 2.14. The maximum atomic E-state index is 12.3. The van der Waals surface area contributed by atoms with Gasteiger partial charge in [-0.2, -0.15) is 0 Å². The molecular formula is C22H25ClN4O3S. The number of ether oxygens (including phenoxy) is 2. The molecule has 0 aliphatic heterocycles. The number of hydrogen-bond donors (Lipinski definition) is 1. The van der Waals surface area contributed by atoms with Gasteiger partial charge < -0.3 is 19.4 Å². The van der Waals surface area contributed by atoms with E-state index in [4.69, 9.17) is 21.1 Å². The number of nitrogens with zero attached hydrogens (tertiary/aromatic N) is 3. The second-order valence-corrected chi connectivity index (χ2v) is 8.23. The first-order valence-corrected chi connectivity index (χ1v) is 11.2. The number of aryl methyl sites for hydroxylation is 1. The van der Waals surface area contributed by atoms with Gasteiger partial charge in [0.25, 0.3) is 0 Å². The minimum absolute atomic E-state index is 0.142. The Morgan fingerprint density at radius 1 is 1.16 bits per heavy atom. The van der Waals surface area contributed by atoms with Crippen LogP contribution in [0.1, 0.15) is 23.9 Å². The van der Waals surface area contributed by atoms with E-state index in [0.717, 1.165) is 11.1 Å². The molecule has 1 amide bonds. The zero-order chi connectivity index (χ0) is 22.4. The van der Waals surface area contributed by atoms with Crippen molar-refractivity contribution >= 4 is 35.0 Å². The van der Waals surface area contributed by atoms with Crippen molar-refractivity contribution in [1.82, 2.24) is 14.8 Å². The molecular weight excluding hydrogens is 436 g/mol. The van der Waals surface area contributed by atoms with Crippen molar-refractivity contribution in [2.75, 3.05) is 17.7 Å². The van der Waals surface area contributed by atoms with E-state index >= 15 is 0 Å². The average Bonchev–Trinajstić information content (AvgIpc) is 3.09. The molecule has 31 heavy (non-hydrogen) atoms. The number of anilines is 1. The first kappa shape index (κ1) is 23.0. The first-order chi connectivity index (χ1) is 14.9. The van der Waals surface area contributed by atoms with Crippen LogP contribution in [0.3, 0.4) is 0 Å². The molecule has 1 heterocycles. The van der Waals surface area contributed by atoms with Crippen LogP contribution in [0.4, 0.5) is 5.69 Å². The molecule has 0 saturated carbocycles. The Bertz CT molecular complexity index is 1070. The van der Waals surface area contributed by atoms with Crippen LogP contribution in [-0.4, -0.2) is 33.0 Å². The van der Waals surface area contributed by atoms with Crippen LogP contribution in [-0.2, 0) is 18.4 Å². The summed E-state index contributed by atoms with van der Waals surface area (Å²) in [5, 5.41) is 12.5. The number of thioether (sulfide) groups is 1. The van der Waals surface area contributed by atoms with Crippen molar-refractivity contribution in [1.29, 1.82) is 0 Å². The predicted molar refractivity (Wildman–Crippen MR) is 123 cm³/mol. The van der Waals surface area contributed by atoms with E-state index in [1.54, 1.807) is 12.1 Å². The van der Waals surface area contributed by atoms with E-state index in [1.165, 1.54) is 11.8 Å². The van der Waals surface area contributed by atoms with E-state index in [0.29, 0.717) is 39.8 Å². The number of benzene rings is 2. The van der Waals surface area contributed by atoms with Crippen LogP contribution in [0.25, 0.3) is 0 Å². The summed E-state index contributed by atoms with van der Waals surface area (Å²) in [6.07, 6.45) is 0. The number of rotatable bonds is 9. The Morgan fingerprint density at radius 2 is 1.97 bits per heavy atom. The summed E-state index contributed by atoms with van der Waals surface area (Å²) >= 11 is 7.41. The van der Waals surface area contributed by atoms with Gasteiger partial charge in [-0.1, -0.05) is 35.5 Å². The molecule has 1 aromatic heterocycles. The number of carbonyl (C=O) groups excluding carboxylic acids is 1. The molecule has 0 radical (unpaired) electrons. The van der Waals surface area contributed by atoms with Gasteiger partial charge in [0.2, 0.25) is 5.91 Å². The Hall–Kier alpha value is -2.71. The minimum Gasteiger partial charge on any atom is -0.490 e. The summed E-state index contributed by atoms with van der Waals surface area (Å²) in [5.74, 6) is 2.06. The fraction of sp³-hybridized carbons (Fsp3) is 0.318. The van der Waals surface area contributed by atoms with Crippen molar-refractivity contribution in [2.45, 2.75) is 32.5 Å². The normalized spacial score (nSPS) is 10.7. The Kier molecular flexibility index (Phi) is 7.81. The topological polar surface area (TPSA) is 78.3 Å². The van der Waals surface area contributed by atoms with Gasteiger partial charge in [0, 0.05) is 17.8 Å². The molecule has 0 atom stereocenters. The fourth-order valence-electron chi connectivity index (χ4n) is 2.80. The summed E-state index contributed by atoms with van der Waals surface area (Å²) in [6.45, 7) is 6.60. The quantitative estimate of drug-likeness (QED) is 0.462. The molecule has 7 nitrogen and oxygen atoms in total. The second kappa shape index (κ2) is 10.5. The van der Waals surface area contributed by atoms with Gasteiger partial charge in [-0.25, -0.2) is 0 Å². The molecule has 164 valence electrons. The van der Waals surface area contributed by atoms with E-state index in [1.807, 2.05) is 56.7 Å². The van der Waals surface area contributed by atoms with Gasteiger partial charge in [-0.3, -0.25) is 4.79 Å². The third-order valence-corrected chi connectivity index (χ3v) is 5.98. The van der Waals surface area contributed by atoms with Crippen LogP contribution in [0.2, 0.25) is 5.02 Å². The van der Waals surface area contributed by atoms with Crippen molar-refractivity contribution in [3.8, 4) is 11.5 Å². The summed E-state index contributed by atoms with van der Waals surface area (Å²) in [7, 11) is 1.85. The largest absolute Gasteiger partial charge is 0.490 e. The summed E-state index contributed by atoms with van der Waals surface area (Å²) in [5.41, 5.74) is 2.64. The summed E-state index contributed by atoms with van der Waals surface area (Å²) < 4.78 is 13.4. The molecule has 0 aliphatic carbocycles. The molecule has 0 fully saturated rings. The number of halogens is 1. The van der Waals surface area contributed by atoms with Crippen molar-refractivity contribution in [3.63, 3.8) is 0 Å². The lowest BCUT2D eigenvalue weighted by Crippen LogP contribution is -2.15. The number of nitrogens with one attached hydrogen (secondary N) is 1. The third-order valence-electron chi connectivity index (χ3n) is 4.56. The molecule has 3 aromatic rings. The standard InChI is InChI=1S/C22H25ClN4O3S/c1-5-29-19-11-14(2)9-10-18(19)30-12-20-25-26-22(27(20)4)31-13-21(28)24-17-8-6-7-16(23)15(17)3/h6-11H,5,12-13H2,1-4H3,(H,24,28). The highest BCUT2D eigenvalue weighted by molar-refractivity contribution is 7.99. The third kappa shape index (κ3) is 5.92. The van der Waals surface area contributed by atoms with Crippen molar-refractivity contribution in [2.24, 2.45) is 7.05 Å². The number of aromatic nitrogens is 3. The van der Waals surface area contributed by atoms with Crippen LogP contribution >= 0.6 is 23.4 Å². The molecule has 9 heteroatoms. The Morgan fingerprint density at radius 3 is 2.74 bits per heavy atom. The second-order valence-electron chi connectivity index (χ2n) is 6.88. The molecule has 0 unspecified atom stereocenters. The van der Waals surface area contributed by atoms with Gasteiger partial charge in [0.1, 0.15) is 6.61 Å². The van der Waals surface area contributed by atoms with Crippen molar-refractivity contribution < 1.29 is 14.3 Å². The lowest BCUT2D eigenvalue weighted by molar-refractivity contribution is -0.113. The highest BCUT2D eigenvalue weighted by atomic mass is 35.5.